The zero-order chi connectivity index (χ0) is 22.4. The predicted octanol–water partition coefficient (Wildman–Crippen LogP) is 3.00. The molecule has 1 amide bonds. The Morgan fingerprint density at radius 2 is 2.18 bits per heavy atom. The fourth-order valence-corrected chi connectivity index (χ4v) is 4.22. The van der Waals surface area contributed by atoms with Crippen LogP contribution in [0.15, 0.2) is 30.9 Å². The Balaban J connectivity index is 1.33. The highest BCUT2D eigenvalue weighted by molar-refractivity contribution is 6.08. The number of carbonyl (C=O) groups excluding carboxylic acids is 1. The number of pyridine rings is 1. The normalized spacial score (nSPS) is 18.6. The van der Waals surface area contributed by atoms with Crippen molar-refractivity contribution in [2.24, 2.45) is 5.92 Å². The van der Waals surface area contributed by atoms with Crippen molar-refractivity contribution in [1.82, 2.24) is 29.4 Å². The van der Waals surface area contributed by atoms with Crippen LogP contribution >= 0.6 is 0 Å². The van der Waals surface area contributed by atoms with E-state index in [0.29, 0.717) is 34.3 Å². The molecule has 2 aliphatic rings. The van der Waals surface area contributed by atoms with Crippen LogP contribution in [0.3, 0.4) is 0 Å². The highest BCUT2D eigenvalue weighted by Gasteiger charge is 2.25. The second kappa shape index (κ2) is 8.11. The third-order valence-electron chi connectivity index (χ3n) is 6.29. The average molecular weight is 447 g/mol. The molecule has 2 fully saturated rings. The minimum atomic E-state index is -0.312. The maximum absolute atomic E-state index is 13.3. The fourth-order valence-electron chi connectivity index (χ4n) is 4.22. The highest BCUT2D eigenvalue weighted by atomic mass is 16.5. The van der Waals surface area contributed by atoms with Gasteiger partial charge in [0, 0.05) is 43.0 Å². The molecule has 4 aromatic heterocycles. The van der Waals surface area contributed by atoms with Crippen LogP contribution in [0.1, 0.15) is 41.6 Å². The van der Waals surface area contributed by atoms with E-state index in [2.05, 4.69) is 25.5 Å². The van der Waals surface area contributed by atoms with Gasteiger partial charge in [-0.25, -0.2) is 9.50 Å². The average Bonchev–Trinajstić information content (AvgIpc) is 3.50. The molecule has 33 heavy (non-hydrogen) atoms. The molecule has 1 saturated carbocycles. The smallest absolute Gasteiger partial charge is 0.261 e. The Hall–Kier alpha value is -3.53. The number of hydrogen-bond donors (Lipinski definition) is 1. The number of fused-ring (bicyclic) bond motifs is 2. The van der Waals surface area contributed by atoms with Gasteiger partial charge in [0.05, 0.1) is 12.8 Å². The van der Waals surface area contributed by atoms with Crippen molar-refractivity contribution in [3.05, 3.63) is 42.0 Å². The van der Waals surface area contributed by atoms with E-state index in [-0.39, 0.29) is 12.0 Å². The fraction of sp³-hybridized carbons (Fsp3) is 0.435. The summed E-state index contributed by atoms with van der Waals surface area (Å²) in [7, 11) is 0. The lowest BCUT2D eigenvalue weighted by Crippen LogP contribution is -2.26. The van der Waals surface area contributed by atoms with Crippen molar-refractivity contribution in [3.8, 4) is 5.88 Å². The second-order valence-electron chi connectivity index (χ2n) is 8.92. The number of hydrogen-bond acceptors (Lipinski definition) is 7. The van der Waals surface area contributed by atoms with E-state index in [9.17, 15) is 4.79 Å². The molecule has 170 valence electrons. The van der Waals surface area contributed by atoms with Gasteiger partial charge in [-0.1, -0.05) is 0 Å². The van der Waals surface area contributed by atoms with Crippen LogP contribution in [0.25, 0.3) is 16.7 Å². The van der Waals surface area contributed by atoms with Crippen molar-refractivity contribution in [3.63, 3.8) is 0 Å². The van der Waals surface area contributed by atoms with Crippen LogP contribution < -0.4 is 10.1 Å². The summed E-state index contributed by atoms with van der Waals surface area (Å²) in [5, 5.41) is 12.7. The lowest BCUT2D eigenvalue weighted by atomic mass is 9.96. The number of nitrogens with zero attached hydrogens (tertiary/aromatic N) is 6. The number of carbonyl (C=O) groups is 1. The van der Waals surface area contributed by atoms with Crippen LogP contribution in [0.5, 0.6) is 5.88 Å². The third-order valence-corrected chi connectivity index (χ3v) is 6.29. The minimum absolute atomic E-state index is 0.0841. The summed E-state index contributed by atoms with van der Waals surface area (Å²) in [5.41, 5.74) is 3.05. The first-order valence-corrected chi connectivity index (χ1v) is 11.4. The molecule has 6 rings (SSSR count). The molecule has 1 aliphatic carbocycles. The van der Waals surface area contributed by atoms with Crippen LogP contribution in [0, 0.1) is 12.8 Å². The van der Waals surface area contributed by atoms with E-state index >= 15 is 0 Å². The number of ether oxygens (including phenoxy) is 2. The van der Waals surface area contributed by atoms with Crippen molar-refractivity contribution < 1.29 is 14.3 Å². The number of nitrogens with one attached hydrogen (secondary N) is 1. The molecule has 10 nitrogen and oxygen atoms in total. The Bertz CT molecular complexity index is 1330. The van der Waals surface area contributed by atoms with E-state index in [4.69, 9.17) is 9.47 Å². The van der Waals surface area contributed by atoms with Gasteiger partial charge in [-0.05, 0) is 44.2 Å². The van der Waals surface area contributed by atoms with Gasteiger partial charge in [0.1, 0.15) is 17.4 Å². The Morgan fingerprint density at radius 1 is 1.27 bits per heavy atom. The monoisotopic (exact) mass is 447 g/mol. The summed E-state index contributed by atoms with van der Waals surface area (Å²) >= 11 is 0. The van der Waals surface area contributed by atoms with Crippen LogP contribution in [-0.4, -0.2) is 54.6 Å². The Labute approximate surface area is 189 Å². The molecule has 1 N–H and O–H groups in total. The van der Waals surface area contributed by atoms with Crippen LogP contribution in [-0.2, 0) is 11.3 Å². The molecule has 5 heterocycles. The molecule has 10 heteroatoms. The highest BCUT2D eigenvalue weighted by Crippen LogP contribution is 2.29. The molecule has 0 unspecified atom stereocenters. The number of rotatable bonds is 6. The van der Waals surface area contributed by atoms with Crippen LogP contribution in [0.4, 0.5) is 5.69 Å². The van der Waals surface area contributed by atoms with Crippen molar-refractivity contribution in [1.29, 1.82) is 0 Å². The first kappa shape index (κ1) is 20.1. The quantitative estimate of drug-likeness (QED) is 0.484. The van der Waals surface area contributed by atoms with Gasteiger partial charge in [0.15, 0.2) is 11.3 Å². The second-order valence-corrected chi connectivity index (χ2v) is 8.92. The molecule has 0 aromatic carbocycles. The minimum Gasteiger partial charge on any atom is -0.474 e. The van der Waals surface area contributed by atoms with Crippen LogP contribution in [0.2, 0.25) is 0 Å². The van der Waals surface area contributed by atoms with Gasteiger partial charge in [-0.15, -0.1) is 0 Å². The standard InChI is InChI=1S/C23H25N7O3/c1-14-8-24-21-19(9-25-30(21)10-14)26-22(31)18-7-16-12-29(11-15-5-6-32-13-15)28-20(16)27-23(18)33-17-3-2-4-17/h7-10,12,15,17H,2-6,11,13H2,1H3,(H,26,31)/t15-/m1/s1. The van der Waals surface area contributed by atoms with Gasteiger partial charge in [-0.3, -0.25) is 9.48 Å². The maximum atomic E-state index is 13.3. The molecule has 0 radical (unpaired) electrons. The maximum Gasteiger partial charge on any atom is 0.261 e. The first-order valence-electron chi connectivity index (χ1n) is 11.4. The third kappa shape index (κ3) is 3.91. The lowest BCUT2D eigenvalue weighted by molar-refractivity contribution is 0.0981. The van der Waals surface area contributed by atoms with Gasteiger partial charge in [0.25, 0.3) is 5.91 Å². The van der Waals surface area contributed by atoms with E-state index < -0.39 is 0 Å². The van der Waals surface area contributed by atoms with Crippen molar-refractivity contribution in [2.45, 2.75) is 45.3 Å². The lowest BCUT2D eigenvalue weighted by Gasteiger charge is -2.26. The molecule has 0 bridgehead atoms. The van der Waals surface area contributed by atoms with Gasteiger partial charge >= 0.3 is 0 Å². The molecular weight excluding hydrogens is 422 g/mol. The summed E-state index contributed by atoms with van der Waals surface area (Å²) in [5.74, 6) is 0.451. The summed E-state index contributed by atoms with van der Waals surface area (Å²) in [4.78, 5) is 22.4. The molecule has 1 aliphatic heterocycles. The Morgan fingerprint density at radius 3 is 2.97 bits per heavy atom. The van der Waals surface area contributed by atoms with E-state index in [0.717, 1.165) is 56.4 Å². The summed E-state index contributed by atoms with van der Waals surface area (Å²) in [6.45, 7) is 4.26. The van der Waals surface area contributed by atoms with E-state index in [1.165, 1.54) is 0 Å². The topological polar surface area (TPSA) is 108 Å². The molecular formula is C23H25N7O3. The number of aryl methyl sites for hydroxylation is 1. The van der Waals surface area contributed by atoms with Crippen molar-refractivity contribution >= 4 is 28.3 Å². The molecule has 0 spiro atoms. The van der Waals surface area contributed by atoms with E-state index in [1.807, 2.05) is 30.1 Å². The molecule has 1 saturated heterocycles. The summed E-state index contributed by atoms with van der Waals surface area (Å²) in [6.07, 6.45) is 11.3. The van der Waals surface area contributed by atoms with Gasteiger partial charge in [-0.2, -0.15) is 15.2 Å². The van der Waals surface area contributed by atoms with Crippen molar-refractivity contribution in [2.75, 3.05) is 18.5 Å². The molecule has 1 atom stereocenters. The first-order chi connectivity index (χ1) is 16.1. The zero-order valence-corrected chi connectivity index (χ0v) is 18.4. The Kier molecular flexibility index (Phi) is 4.94. The number of amides is 1. The number of aromatic nitrogens is 6. The number of anilines is 1. The van der Waals surface area contributed by atoms with Gasteiger partial charge < -0.3 is 14.8 Å². The SMILES string of the molecule is Cc1cnc2c(NC(=O)c3cc4cn(C[C@H]5CCOC5)nc4nc3OC3CCC3)cnn2c1. The van der Waals surface area contributed by atoms with Gasteiger partial charge in [0.2, 0.25) is 5.88 Å². The van der Waals surface area contributed by atoms with E-state index in [1.54, 1.807) is 16.9 Å². The predicted molar refractivity (Wildman–Crippen MR) is 120 cm³/mol. The zero-order valence-electron chi connectivity index (χ0n) is 18.4. The summed E-state index contributed by atoms with van der Waals surface area (Å²) in [6, 6.07) is 1.81. The molecule has 4 aromatic rings. The largest absolute Gasteiger partial charge is 0.474 e. The summed E-state index contributed by atoms with van der Waals surface area (Å²) < 4.78 is 15.1.